The molecule has 0 spiro atoms. The number of nitrogens with zero attached hydrogens (tertiary/aromatic N) is 3. The van der Waals surface area contributed by atoms with Gasteiger partial charge in [-0.25, -0.2) is 4.98 Å². The molecule has 1 aromatic heterocycles. The molecule has 1 fully saturated rings. The van der Waals surface area contributed by atoms with Crippen LogP contribution in [0.1, 0.15) is 29.3 Å². The van der Waals surface area contributed by atoms with Crippen molar-refractivity contribution in [1.29, 1.82) is 0 Å². The number of carbonyl (C=O) groups excluding carboxylic acids is 1. The third kappa shape index (κ3) is 4.54. The molecule has 1 amide bonds. The van der Waals surface area contributed by atoms with Crippen LogP contribution in [0.15, 0.2) is 48.5 Å². The van der Waals surface area contributed by atoms with Crippen LogP contribution in [0.2, 0.25) is 5.02 Å². The van der Waals surface area contributed by atoms with Crippen molar-refractivity contribution in [3.05, 3.63) is 64.1 Å². The highest BCUT2D eigenvalue weighted by molar-refractivity contribution is 7.18. The van der Waals surface area contributed by atoms with E-state index in [4.69, 9.17) is 16.6 Å². The van der Waals surface area contributed by atoms with Crippen molar-refractivity contribution in [2.24, 2.45) is 0 Å². The first-order valence-corrected chi connectivity index (χ1v) is 10.8. The van der Waals surface area contributed by atoms with Gasteiger partial charge in [-0.1, -0.05) is 35.9 Å². The van der Waals surface area contributed by atoms with Crippen LogP contribution in [-0.4, -0.2) is 47.4 Å². The number of hydrogen-bond donors (Lipinski definition) is 0. The summed E-state index contributed by atoms with van der Waals surface area (Å²) in [4.78, 5) is 21.5. The second kappa shape index (κ2) is 8.60. The summed E-state index contributed by atoms with van der Waals surface area (Å²) in [5.41, 5.74) is 2.15. The smallest absolute Gasteiger partial charge is 0.236 e. The predicted molar refractivity (Wildman–Crippen MR) is 116 cm³/mol. The first-order chi connectivity index (χ1) is 13.6. The number of benzene rings is 2. The first-order valence-electron chi connectivity index (χ1n) is 9.65. The highest BCUT2D eigenvalue weighted by Gasteiger charge is 2.25. The molecular weight excluding hydrogens is 390 g/mol. The number of likely N-dealkylation sites (N-methyl/N-ethyl adjacent to an activating group) is 1. The molecule has 4 nitrogen and oxygen atoms in total. The Bertz CT molecular complexity index is 932. The molecule has 0 atom stereocenters. The van der Waals surface area contributed by atoms with Gasteiger partial charge in [-0.15, -0.1) is 11.3 Å². The van der Waals surface area contributed by atoms with Gasteiger partial charge in [-0.05, 0) is 55.8 Å². The van der Waals surface area contributed by atoms with Crippen LogP contribution in [-0.2, 0) is 11.3 Å². The van der Waals surface area contributed by atoms with Crippen molar-refractivity contribution in [2.75, 3.05) is 26.7 Å². The second-order valence-electron chi connectivity index (χ2n) is 7.45. The Morgan fingerprint density at radius 2 is 2.00 bits per heavy atom. The maximum atomic E-state index is 12.6. The molecule has 0 bridgehead atoms. The van der Waals surface area contributed by atoms with Crippen molar-refractivity contribution >= 4 is 39.1 Å². The van der Waals surface area contributed by atoms with Crippen LogP contribution >= 0.6 is 22.9 Å². The molecule has 0 aliphatic carbocycles. The zero-order valence-corrected chi connectivity index (χ0v) is 17.5. The molecule has 0 unspecified atom stereocenters. The summed E-state index contributed by atoms with van der Waals surface area (Å²) < 4.78 is 1.26. The standard InChI is InChI=1S/C22H24ClN3OS/c1-25(14-16-5-4-6-18(23)13-16)21(27)15-26-11-9-17(10-12-26)22-24-19-7-2-3-8-20(19)28-22/h2-8,13,17H,9-12,14-15H2,1H3. The Hall–Kier alpha value is -1.95. The second-order valence-corrected chi connectivity index (χ2v) is 8.95. The number of piperidine rings is 1. The van der Waals surface area contributed by atoms with Crippen molar-refractivity contribution in [3.63, 3.8) is 0 Å². The Morgan fingerprint density at radius 3 is 2.75 bits per heavy atom. The van der Waals surface area contributed by atoms with Gasteiger partial charge in [-0.3, -0.25) is 9.69 Å². The van der Waals surface area contributed by atoms with Crippen molar-refractivity contribution in [1.82, 2.24) is 14.8 Å². The van der Waals surface area contributed by atoms with E-state index in [1.54, 1.807) is 4.90 Å². The molecule has 0 N–H and O–H groups in total. The third-order valence-corrected chi connectivity index (χ3v) is 6.77. The Balaban J connectivity index is 1.29. The number of fused-ring (bicyclic) bond motifs is 1. The molecule has 2 heterocycles. The Morgan fingerprint density at radius 1 is 1.21 bits per heavy atom. The van der Waals surface area contributed by atoms with E-state index in [1.807, 2.05) is 48.7 Å². The molecule has 1 aliphatic rings. The first kappa shape index (κ1) is 19.4. The molecule has 28 heavy (non-hydrogen) atoms. The SMILES string of the molecule is CN(Cc1cccc(Cl)c1)C(=O)CN1CCC(c2nc3ccccc3s2)CC1. The topological polar surface area (TPSA) is 36.4 Å². The summed E-state index contributed by atoms with van der Waals surface area (Å²) in [6.07, 6.45) is 2.12. The fourth-order valence-electron chi connectivity index (χ4n) is 3.71. The average molecular weight is 414 g/mol. The summed E-state index contributed by atoms with van der Waals surface area (Å²) in [6, 6.07) is 16.0. The molecule has 6 heteroatoms. The highest BCUT2D eigenvalue weighted by Crippen LogP contribution is 2.33. The summed E-state index contributed by atoms with van der Waals surface area (Å²) in [5, 5.41) is 1.94. The summed E-state index contributed by atoms with van der Waals surface area (Å²) >= 11 is 7.85. The molecule has 4 rings (SSSR count). The number of halogens is 1. The minimum absolute atomic E-state index is 0.151. The maximum absolute atomic E-state index is 12.6. The minimum atomic E-state index is 0.151. The number of likely N-dealkylation sites (tertiary alicyclic amines) is 1. The Kier molecular flexibility index (Phi) is 5.95. The molecule has 3 aromatic rings. The highest BCUT2D eigenvalue weighted by atomic mass is 35.5. The van der Waals surface area contributed by atoms with Crippen molar-refractivity contribution in [3.8, 4) is 0 Å². The lowest BCUT2D eigenvalue weighted by molar-refractivity contribution is -0.131. The number of thiazole rings is 1. The fraction of sp³-hybridized carbons (Fsp3) is 0.364. The molecular formula is C22H24ClN3OS. The van der Waals surface area contributed by atoms with Gasteiger partial charge in [-0.2, -0.15) is 0 Å². The Labute approximate surface area is 174 Å². The van der Waals surface area contributed by atoms with Gasteiger partial charge < -0.3 is 4.90 Å². The average Bonchev–Trinajstić information content (AvgIpc) is 3.13. The van der Waals surface area contributed by atoms with Crippen LogP contribution in [0.25, 0.3) is 10.2 Å². The number of hydrogen-bond acceptors (Lipinski definition) is 4. The van der Waals surface area contributed by atoms with Crippen molar-refractivity contribution < 1.29 is 4.79 Å². The van der Waals surface area contributed by atoms with Gasteiger partial charge in [0.25, 0.3) is 0 Å². The number of aromatic nitrogens is 1. The summed E-state index contributed by atoms with van der Waals surface area (Å²) in [6.45, 7) is 2.94. The summed E-state index contributed by atoms with van der Waals surface area (Å²) in [7, 11) is 1.86. The van der Waals surface area contributed by atoms with Gasteiger partial charge in [0.1, 0.15) is 0 Å². The van der Waals surface area contributed by atoms with Crippen LogP contribution in [0.3, 0.4) is 0 Å². The van der Waals surface area contributed by atoms with Crippen LogP contribution in [0.5, 0.6) is 0 Å². The lowest BCUT2D eigenvalue weighted by Gasteiger charge is -2.31. The van der Waals surface area contributed by atoms with Crippen LogP contribution in [0.4, 0.5) is 0 Å². The maximum Gasteiger partial charge on any atom is 0.236 e. The van der Waals surface area contributed by atoms with Gasteiger partial charge in [0, 0.05) is 24.5 Å². The zero-order valence-electron chi connectivity index (χ0n) is 16.0. The van der Waals surface area contributed by atoms with E-state index in [2.05, 4.69) is 23.1 Å². The van der Waals surface area contributed by atoms with E-state index in [0.717, 1.165) is 37.0 Å². The van der Waals surface area contributed by atoms with E-state index < -0.39 is 0 Å². The zero-order chi connectivity index (χ0) is 19.5. The molecule has 1 saturated heterocycles. The van der Waals surface area contributed by atoms with Crippen molar-refractivity contribution in [2.45, 2.75) is 25.3 Å². The van der Waals surface area contributed by atoms with E-state index >= 15 is 0 Å². The predicted octanol–water partition coefficient (Wildman–Crippen LogP) is 4.79. The fourth-order valence-corrected chi connectivity index (χ4v) is 5.06. The number of rotatable bonds is 5. The lowest BCUT2D eigenvalue weighted by Crippen LogP contribution is -2.41. The molecule has 146 valence electrons. The van der Waals surface area contributed by atoms with E-state index in [1.165, 1.54) is 9.71 Å². The van der Waals surface area contributed by atoms with Gasteiger partial charge in [0.05, 0.1) is 21.8 Å². The van der Waals surface area contributed by atoms with E-state index in [-0.39, 0.29) is 5.91 Å². The molecule has 2 aromatic carbocycles. The van der Waals surface area contributed by atoms with Gasteiger partial charge in [0.15, 0.2) is 0 Å². The van der Waals surface area contributed by atoms with Crippen LogP contribution in [0, 0.1) is 0 Å². The lowest BCUT2D eigenvalue weighted by atomic mass is 9.97. The molecule has 0 radical (unpaired) electrons. The summed E-state index contributed by atoms with van der Waals surface area (Å²) in [5.74, 6) is 0.659. The number of amides is 1. The minimum Gasteiger partial charge on any atom is -0.340 e. The quantitative estimate of drug-likeness (QED) is 0.603. The van der Waals surface area contributed by atoms with Gasteiger partial charge in [0.2, 0.25) is 5.91 Å². The van der Waals surface area contributed by atoms with Crippen LogP contribution < -0.4 is 0 Å². The van der Waals surface area contributed by atoms with E-state index in [0.29, 0.717) is 24.0 Å². The third-order valence-electron chi connectivity index (χ3n) is 5.34. The largest absolute Gasteiger partial charge is 0.340 e. The normalized spacial score (nSPS) is 15.8. The molecule has 0 saturated carbocycles. The molecule has 1 aliphatic heterocycles. The monoisotopic (exact) mass is 413 g/mol. The van der Waals surface area contributed by atoms with Gasteiger partial charge >= 0.3 is 0 Å². The number of para-hydroxylation sites is 1. The number of carbonyl (C=O) groups is 1. The van der Waals surface area contributed by atoms with E-state index in [9.17, 15) is 4.79 Å².